The van der Waals surface area contributed by atoms with Gasteiger partial charge in [0.25, 0.3) is 11.5 Å². The third-order valence-corrected chi connectivity index (χ3v) is 3.22. The molecule has 9 heteroatoms. The molecule has 5 nitrogen and oxygen atoms in total. The summed E-state index contributed by atoms with van der Waals surface area (Å²) in [7, 11) is 0. The molecule has 1 amide bonds. The molecule has 24 heavy (non-hydrogen) atoms. The van der Waals surface area contributed by atoms with E-state index in [0.717, 1.165) is 5.56 Å². The average Bonchev–Trinajstić information content (AvgIpc) is 2.51. The van der Waals surface area contributed by atoms with Crippen LogP contribution in [0.3, 0.4) is 0 Å². The molecule has 0 aliphatic rings. The molecular weight excluding hydrogens is 349 g/mol. The normalized spacial score (nSPS) is 11.3. The minimum Gasteiger partial charge on any atom is -0.304 e. The number of carbonyl (C=O) groups excluding carboxylic acids is 1. The summed E-state index contributed by atoms with van der Waals surface area (Å²) in [6.07, 6.45) is -4.15. The number of nitrogens with zero attached hydrogens (tertiary/aromatic N) is 1. The van der Waals surface area contributed by atoms with Crippen LogP contribution in [0.15, 0.2) is 47.4 Å². The first-order valence-corrected chi connectivity index (χ1v) is 7.07. The van der Waals surface area contributed by atoms with Crippen molar-refractivity contribution in [3.8, 4) is 0 Å². The first-order valence-electron chi connectivity index (χ1n) is 6.69. The van der Waals surface area contributed by atoms with Gasteiger partial charge in [-0.1, -0.05) is 41.9 Å². The second-order valence-electron chi connectivity index (χ2n) is 4.81. The van der Waals surface area contributed by atoms with Gasteiger partial charge in [0.1, 0.15) is 11.6 Å². The highest BCUT2D eigenvalue weighted by Crippen LogP contribution is 2.29. The Balaban J connectivity index is 2.01. The molecule has 2 rings (SSSR count). The molecule has 0 aliphatic heterocycles. The summed E-state index contributed by atoms with van der Waals surface area (Å²) in [6, 6.07) is 9.43. The quantitative estimate of drug-likeness (QED) is 0.834. The molecule has 1 aromatic heterocycles. The molecule has 1 heterocycles. The topological polar surface area (TPSA) is 60.3 Å². The molecule has 0 bridgehead atoms. The van der Waals surface area contributed by atoms with Crippen LogP contribution in [-0.2, 0) is 29.0 Å². The number of carbonyl (C=O) groups is 1. The van der Waals surface area contributed by atoms with Crippen molar-refractivity contribution >= 4 is 17.5 Å². The number of benzene rings is 1. The van der Waals surface area contributed by atoms with E-state index in [4.69, 9.17) is 16.4 Å². The average molecular weight is 361 g/mol. The predicted octanol–water partition coefficient (Wildman–Crippen LogP) is 2.77. The van der Waals surface area contributed by atoms with Crippen molar-refractivity contribution in [3.63, 3.8) is 0 Å². The number of hydrogen-bond acceptors (Lipinski definition) is 3. The molecule has 2 aromatic rings. The first kappa shape index (κ1) is 18.0. The molecule has 0 radical (unpaired) electrons. The monoisotopic (exact) mass is 360 g/mol. The number of hydrogen-bond donors (Lipinski definition) is 1. The van der Waals surface area contributed by atoms with Gasteiger partial charge in [-0.15, -0.1) is 0 Å². The van der Waals surface area contributed by atoms with Crippen LogP contribution in [0.25, 0.3) is 0 Å². The predicted molar refractivity (Wildman–Crippen MR) is 80.1 cm³/mol. The molecule has 1 aromatic carbocycles. The van der Waals surface area contributed by atoms with Crippen molar-refractivity contribution in [1.29, 1.82) is 0 Å². The van der Waals surface area contributed by atoms with Gasteiger partial charge >= 0.3 is 6.18 Å². The molecule has 128 valence electrons. The van der Waals surface area contributed by atoms with E-state index in [-0.39, 0.29) is 6.61 Å². The van der Waals surface area contributed by atoms with Gasteiger partial charge in [0.05, 0.1) is 12.2 Å². The SMILES string of the molecule is O=C(Cn1cc(C(F)(F)F)cc(Cl)c1=O)NOCc1ccccc1. The fourth-order valence-corrected chi connectivity index (χ4v) is 2.06. The lowest BCUT2D eigenvalue weighted by Crippen LogP contribution is -2.33. The van der Waals surface area contributed by atoms with Gasteiger partial charge < -0.3 is 4.57 Å². The van der Waals surface area contributed by atoms with Crippen LogP contribution in [0.5, 0.6) is 0 Å². The highest BCUT2D eigenvalue weighted by molar-refractivity contribution is 6.30. The van der Waals surface area contributed by atoms with E-state index < -0.39 is 34.8 Å². The molecule has 0 atom stereocenters. The van der Waals surface area contributed by atoms with Crippen molar-refractivity contribution in [3.05, 3.63) is 69.1 Å². The number of amides is 1. The number of alkyl halides is 3. The van der Waals surface area contributed by atoms with Gasteiger partial charge in [-0.05, 0) is 11.6 Å². The van der Waals surface area contributed by atoms with Crippen LogP contribution < -0.4 is 11.0 Å². The Morgan fingerprint density at radius 3 is 2.54 bits per heavy atom. The van der Waals surface area contributed by atoms with Crippen molar-refractivity contribution in [2.24, 2.45) is 0 Å². The van der Waals surface area contributed by atoms with Crippen molar-refractivity contribution < 1.29 is 22.8 Å². The molecule has 0 saturated heterocycles. The number of nitrogens with one attached hydrogen (secondary N) is 1. The summed E-state index contributed by atoms with van der Waals surface area (Å²) in [5.74, 6) is -0.788. The van der Waals surface area contributed by atoms with E-state index in [1.54, 1.807) is 24.3 Å². The van der Waals surface area contributed by atoms with Crippen LogP contribution in [0.4, 0.5) is 13.2 Å². The van der Waals surface area contributed by atoms with Gasteiger partial charge in [0.15, 0.2) is 0 Å². The zero-order valence-electron chi connectivity index (χ0n) is 12.1. The molecule has 0 saturated carbocycles. The maximum atomic E-state index is 12.7. The minimum absolute atomic E-state index is 0.0742. The summed E-state index contributed by atoms with van der Waals surface area (Å²) in [5, 5.41) is -0.622. The minimum atomic E-state index is -4.68. The fourth-order valence-electron chi connectivity index (χ4n) is 1.83. The largest absolute Gasteiger partial charge is 0.417 e. The molecular formula is C15H12ClF3N2O3. The lowest BCUT2D eigenvalue weighted by Gasteiger charge is -2.12. The Hall–Kier alpha value is -2.32. The number of pyridine rings is 1. The number of hydroxylamine groups is 1. The van der Waals surface area contributed by atoms with E-state index in [0.29, 0.717) is 16.8 Å². The molecule has 1 N–H and O–H groups in total. The van der Waals surface area contributed by atoms with Gasteiger partial charge in [-0.25, -0.2) is 5.48 Å². The van der Waals surface area contributed by atoms with E-state index >= 15 is 0 Å². The van der Waals surface area contributed by atoms with Gasteiger partial charge in [-0.3, -0.25) is 14.4 Å². The Morgan fingerprint density at radius 1 is 1.25 bits per heavy atom. The molecule has 0 spiro atoms. The Labute approximate surface area is 139 Å². The van der Waals surface area contributed by atoms with Crippen LogP contribution >= 0.6 is 11.6 Å². The summed E-state index contributed by atoms with van der Waals surface area (Å²) in [6.45, 7) is -0.581. The first-order chi connectivity index (χ1) is 11.3. The highest BCUT2D eigenvalue weighted by atomic mass is 35.5. The van der Waals surface area contributed by atoms with Crippen LogP contribution in [0.2, 0.25) is 5.02 Å². The summed E-state index contributed by atoms with van der Waals surface area (Å²) in [4.78, 5) is 28.4. The van der Waals surface area contributed by atoms with E-state index in [2.05, 4.69) is 5.48 Å². The van der Waals surface area contributed by atoms with Gasteiger partial charge in [0.2, 0.25) is 0 Å². The second-order valence-corrected chi connectivity index (χ2v) is 5.21. The third-order valence-electron chi connectivity index (χ3n) is 2.95. The second kappa shape index (κ2) is 7.50. The van der Waals surface area contributed by atoms with E-state index in [1.165, 1.54) is 0 Å². The molecule has 0 unspecified atom stereocenters. The van der Waals surface area contributed by atoms with E-state index in [1.807, 2.05) is 6.07 Å². The van der Waals surface area contributed by atoms with Crippen LogP contribution in [-0.4, -0.2) is 10.5 Å². The van der Waals surface area contributed by atoms with E-state index in [9.17, 15) is 22.8 Å². The van der Waals surface area contributed by atoms with Gasteiger partial charge in [0, 0.05) is 6.20 Å². The molecule has 0 fully saturated rings. The number of rotatable bonds is 5. The van der Waals surface area contributed by atoms with Crippen LogP contribution in [0, 0.1) is 0 Å². The Kier molecular flexibility index (Phi) is 5.63. The number of aromatic nitrogens is 1. The summed E-state index contributed by atoms with van der Waals surface area (Å²) < 4.78 is 38.7. The highest BCUT2D eigenvalue weighted by Gasteiger charge is 2.32. The summed E-state index contributed by atoms with van der Waals surface area (Å²) in [5.41, 5.74) is 0.830. The van der Waals surface area contributed by atoms with Gasteiger partial charge in [-0.2, -0.15) is 13.2 Å². The Morgan fingerprint density at radius 2 is 1.92 bits per heavy atom. The Bertz CT molecular complexity index is 776. The lowest BCUT2D eigenvalue weighted by molar-refractivity contribution is -0.139. The number of halogens is 4. The third kappa shape index (κ3) is 4.84. The van der Waals surface area contributed by atoms with Crippen LogP contribution in [0.1, 0.15) is 11.1 Å². The zero-order chi connectivity index (χ0) is 17.7. The maximum absolute atomic E-state index is 12.7. The lowest BCUT2D eigenvalue weighted by atomic mass is 10.2. The standard InChI is InChI=1S/C15H12ClF3N2O3/c16-12-6-11(15(17,18)19)7-21(14(12)23)8-13(22)20-24-9-10-4-2-1-3-5-10/h1-7H,8-9H2,(H,20,22). The fraction of sp³-hybridized carbons (Fsp3) is 0.200. The maximum Gasteiger partial charge on any atom is 0.417 e. The smallest absolute Gasteiger partial charge is 0.304 e. The van der Waals surface area contributed by atoms with Crippen molar-refractivity contribution in [1.82, 2.24) is 10.0 Å². The van der Waals surface area contributed by atoms with Crippen molar-refractivity contribution in [2.75, 3.05) is 0 Å². The molecule has 0 aliphatic carbocycles. The summed E-state index contributed by atoms with van der Waals surface area (Å²) >= 11 is 5.50. The van der Waals surface area contributed by atoms with Crippen molar-refractivity contribution in [2.45, 2.75) is 19.3 Å². The zero-order valence-corrected chi connectivity index (χ0v) is 12.9.